The van der Waals surface area contributed by atoms with Gasteiger partial charge in [-0.3, -0.25) is 14.5 Å². The van der Waals surface area contributed by atoms with Crippen molar-refractivity contribution < 1.29 is 19.1 Å². The number of rotatable bonds is 8. The number of methoxy groups -OCH3 is 2. The summed E-state index contributed by atoms with van der Waals surface area (Å²) in [4.78, 5) is 27.6. The third-order valence-electron chi connectivity index (χ3n) is 6.69. The van der Waals surface area contributed by atoms with Gasteiger partial charge in [-0.1, -0.05) is 46.8 Å². The first-order valence-electron chi connectivity index (χ1n) is 12.5. The number of amides is 1. The van der Waals surface area contributed by atoms with Crippen LogP contribution >= 0.6 is 34.7 Å². The van der Waals surface area contributed by atoms with Crippen LogP contribution in [0, 0.1) is 11.3 Å². The van der Waals surface area contributed by atoms with Crippen molar-refractivity contribution in [1.29, 1.82) is 5.26 Å². The molecule has 1 aliphatic heterocycles. The van der Waals surface area contributed by atoms with E-state index in [2.05, 4.69) is 21.6 Å². The molecule has 0 spiro atoms. The van der Waals surface area contributed by atoms with Crippen LogP contribution in [0.3, 0.4) is 0 Å². The lowest BCUT2D eigenvalue weighted by Gasteiger charge is -2.38. The third kappa shape index (κ3) is 5.74. The van der Waals surface area contributed by atoms with Crippen molar-refractivity contribution in [2.75, 3.05) is 30.2 Å². The molecule has 0 fully saturated rings. The Kier molecular flexibility index (Phi) is 8.49. The molecule has 1 aliphatic carbocycles. The maximum absolute atomic E-state index is 13.3. The molecule has 3 aromatic rings. The summed E-state index contributed by atoms with van der Waals surface area (Å²) in [6.45, 7) is 0. The number of carbonyl (C=O) groups excluding carboxylic acids is 2. The van der Waals surface area contributed by atoms with Crippen molar-refractivity contribution in [3.63, 3.8) is 0 Å². The van der Waals surface area contributed by atoms with Gasteiger partial charge in [0.1, 0.15) is 17.3 Å². The molecule has 0 saturated heterocycles. The van der Waals surface area contributed by atoms with E-state index < -0.39 is 5.92 Å². The van der Waals surface area contributed by atoms with Crippen molar-refractivity contribution in [3.8, 4) is 17.6 Å². The number of nitriles is 1. The average molecular weight is 609 g/mol. The summed E-state index contributed by atoms with van der Waals surface area (Å²) in [6, 6.07) is 14.5. The molecule has 13 heteroatoms. The summed E-state index contributed by atoms with van der Waals surface area (Å²) in [5, 5.41) is 22.4. The van der Waals surface area contributed by atoms with Crippen LogP contribution in [-0.2, 0) is 9.59 Å². The summed E-state index contributed by atoms with van der Waals surface area (Å²) in [7, 11) is 3.07. The number of ether oxygens (including phenoxy) is 2. The molecule has 41 heavy (non-hydrogen) atoms. The van der Waals surface area contributed by atoms with Crippen molar-refractivity contribution in [2.45, 2.75) is 29.5 Å². The molecule has 2 heterocycles. The molecule has 5 rings (SSSR count). The fourth-order valence-corrected chi connectivity index (χ4v) is 6.75. The molecule has 2 aliphatic rings. The van der Waals surface area contributed by atoms with Gasteiger partial charge in [-0.05, 0) is 48.7 Å². The summed E-state index contributed by atoms with van der Waals surface area (Å²) in [5.41, 5.74) is 9.35. The van der Waals surface area contributed by atoms with Crippen LogP contribution in [0.4, 0.5) is 10.8 Å². The SMILES string of the molecule is COc1cccc(C2C(C#N)=C(N)N(c3nnc(SCC(=O)Nc4cc(Cl)ccc4OC)s3)C3=C2C(=O)CCC3)c1. The average Bonchev–Trinajstić information content (AvgIpc) is 3.44. The highest BCUT2D eigenvalue weighted by Gasteiger charge is 2.41. The minimum atomic E-state index is -0.608. The number of Topliss-reactive ketones (excluding diaryl/α,β-unsaturated/α-hetero) is 1. The summed E-state index contributed by atoms with van der Waals surface area (Å²) >= 11 is 8.49. The zero-order chi connectivity index (χ0) is 29.1. The van der Waals surface area contributed by atoms with E-state index in [1.165, 1.54) is 30.2 Å². The van der Waals surface area contributed by atoms with Gasteiger partial charge in [-0.2, -0.15) is 5.26 Å². The number of carbonyl (C=O) groups is 2. The Bertz CT molecular complexity index is 1630. The Labute approximate surface area is 249 Å². The van der Waals surface area contributed by atoms with E-state index in [4.69, 9.17) is 26.8 Å². The van der Waals surface area contributed by atoms with E-state index in [9.17, 15) is 14.9 Å². The van der Waals surface area contributed by atoms with Crippen LogP contribution < -0.4 is 25.4 Å². The van der Waals surface area contributed by atoms with E-state index in [-0.39, 0.29) is 28.8 Å². The summed E-state index contributed by atoms with van der Waals surface area (Å²) < 4.78 is 11.2. The Morgan fingerprint density at radius 3 is 2.83 bits per heavy atom. The van der Waals surface area contributed by atoms with E-state index >= 15 is 0 Å². The Hall–Kier alpha value is -4.05. The normalized spacial score (nSPS) is 16.8. The molecule has 10 nitrogen and oxygen atoms in total. The number of hydrogen-bond donors (Lipinski definition) is 2. The molecule has 2 aromatic carbocycles. The minimum absolute atomic E-state index is 0.0310. The Morgan fingerprint density at radius 2 is 2.07 bits per heavy atom. The predicted molar refractivity (Wildman–Crippen MR) is 158 cm³/mol. The lowest BCUT2D eigenvalue weighted by molar-refractivity contribution is -0.116. The topological polar surface area (TPSA) is 143 Å². The Balaban J connectivity index is 1.41. The third-order valence-corrected chi connectivity index (χ3v) is 8.97. The number of nitrogens with zero attached hydrogens (tertiary/aromatic N) is 4. The first kappa shape index (κ1) is 28.5. The Morgan fingerprint density at radius 1 is 1.24 bits per heavy atom. The number of ketones is 1. The fraction of sp³-hybridized carbons (Fsp3) is 0.250. The van der Waals surface area contributed by atoms with Crippen molar-refractivity contribution in [3.05, 3.63) is 75.7 Å². The van der Waals surface area contributed by atoms with Gasteiger partial charge >= 0.3 is 0 Å². The molecule has 1 atom stereocenters. The number of halogens is 1. The number of allylic oxidation sites excluding steroid dienone is 3. The van der Waals surface area contributed by atoms with Crippen LogP contribution in [-0.4, -0.2) is 41.9 Å². The maximum Gasteiger partial charge on any atom is 0.234 e. The largest absolute Gasteiger partial charge is 0.497 e. The predicted octanol–water partition coefficient (Wildman–Crippen LogP) is 5.24. The fourth-order valence-electron chi connectivity index (χ4n) is 4.90. The molecule has 1 amide bonds. The lowest BCUT2D eigenvalue weighted by atomic mass is 9.76. The van der Waals surface area contributed by atoms with E-state index in [1.54, 1.807) is 30.2 Å². The van der Waals surface area contributed by atoms with E-state index in [0.29, 0.717) is 62.2 Å². The zero-order valence-corrected chi connectivity index (χ0v) is 24.5. The van der Waals surface area contributed by atoms with Crippen molar-refractivity contribution in [1.82, 2.24) is 10.2 Å². The van der Waals surface area contributed by atoms with Gasteiger partial charge < -0.3 is 20.5 Å². The standard InChI is InChI=1S/C28H25ClN6O4S2/c1-38-17-6-3-5-15(11-17)24-18(13-30)26(31)35(20-7-4-8-21(36)25(20)24)27-33-34-28(41-27)40-14-23(37)32-19-12-16(29)9-10-22(19)39-2/h3,5-6,9-12,24H,4,7-8,14,31H2,1-2H3,(H,32,37). The lowest BCUT2D eigenvalue weighted by Crippen LogP contribution is -2.38. The molecule has 1 unspecified atom stereocenters. The summed E-state index contributed by atoms with van der Waals surface area (Å²) in [6.07, 6.45) is 1.63. The molecule has 0 bridgehead atoms. The molecule has 0 saturated carbocycles. The molecule has 210 valence electrons. The highest BCUT2D eigenvalue weighted by Crippen LogP contribution is 2.47. The zero-order valence-electron chi connectivity index (χ0n) is 22.1. The van der Waals surface area contributed by atoms with Crippen LogP contribution in [0.5, 0.6) is 11.5 Å². The van der Waals surface area contributed by atoms with Gasteiger partial charge in [0.05, 0.1) is 43.2 Å². The smallest absolute Gasteiger partial charge is 0.234 e. The van der Waals surface area contributed by atoms with E-state index in [1.807, 2.05) is 24.3 Å². The van der Waals surface area contributed by atoms with Gasteiger partial charge in [0.15, 0.2) is 10.1 Å². The number of aromatic nitrogens is 2. The molecule has 3 N–H and O–H groups in total. The summed E-state index contributed by atoms with van der Waals surface area (Å²) in [5.74, 6) is 0.454. The van der Waals surface area contributed by atoms with Gasteiger partial charge in [0, 0.05) is 22.7 Å². The second-order valence-corrected chi connectivity index (χ2v) is 11.7. The van der Waals surface area contributed by atoms with Gasteiger partial charge in [-0.25, -0.2) is 0 Å². The van der Waals surface area contributed by atoms with Crippen LogP contribution in [0.25, 0.3) is 0 Å². The van der Waals surface area contributed by atoms with Crippen molar-refractivity contribution >= 4 is 57.2 Å². The maximum atomic E-state index is 13.3. The first-order chi connectivity index (χ1) is 19.8. The number of anilines is 2. The quantitative estimate of drug-likeness (QED) is 0.326. The van der Waals surface area contributed by atoms with Crippen LogP contribution in [0.15, 0.2) is 69.5 Å². The number of thioether (sulfide) groups is 1. The highest BCUT2D eigenvalue weighted by molar-refractivity contribution is 8.01. The van der Waals surface area contributed by atoms with Gasteiger partial charge in [0.25, 0.3) is 0 Å². The molecule has 1 aromatic heterocycles. The van der Waals surface area contributed by atoms with Crippen molar-refractivity contribution in [2.24, 2.45) is 5.73 Å². The molecule has 0 radical (unpaired) electrons. The molecular formula is C28H25ClN6O4S2. The minimum Gasteiger partial charge on any atom is -0.497 e. The number of nitrogens with two attached hydrogens (primary N) is 1. The first-order valence-corrected chi connectivity index (χ1v) is 14.7. The number of hydrogen-bond acceptors (Lipinski definition) is 11. The highest BCUT2D eigenvalue weighted by atomic mass is 35.5. The van der Waals surface area contributed by atoms with E-state index in [0.717, 1.165) is 5.56 Å². The van der Waals surface area contributed by atoms with Crippen LogP contribution in [0.2, 0.25) is 5.02 Å². The van der Waals surface area contributed by atoms with Gasteiger partial charge in [0.2, 0.25) is 11.0 Å². The number of benzene rings is 2. The number of nitrogens with one attached hydrogen (secondary N) is 1. The second kappa shape index (κ2) is 12.2. The van der Waals surface area contributed by atoms with Gasteiger partial charge in [-0.15, -0.1) is 10.2 Å². The van der Waals surface area contributed by atoms with Crippen LogP contribution in [0.1, 0.15) is 30.7 Å². The molecular weight excluding hydrogens is 584 g/mol. The monoisotopic (exact) mass is 608 g/mol. The second-order valence-electron chi connectivity index (χ2n) is 9.12.